The highest BCUT2D eigenvalue weighted by molar-refractivity contribution is 7.13. The molecule has 2 atom stereocenters. The first-order chi connectivity index (χ1) is 19.1. The first-order valence-corrected chi connectivity index (χ1v) is 13.7. The van der Waals surface area contributed by atoms with Crippen molar-refractivity contribution in [3.63, 3.8) is 0 Å². The molecule has 5 aromatic rings. The Morgan fingerprint density at radius 2 is 1.75 bits per heavy atom. The molecule has 1 aliphatic rings. The van der Waals surface area contributed by atoms with Gasteiger partial charge in [0.15, 0.2) is 5.01 Å². The fourth-order valence-corrected chi connectivity index (χ4v) is 6.05. The minimum atomic E-state index is -0.892. The SMILES string of the molecule is Cc1cnc(C(=O)N[C@H]2[C@H](c3ccccc3)N(c3ccc4c(cnn4-c4ccc(=O)n(C)c4)c3)C(=O)C2(C)C)s1. The van der Waals surface area contributed by atoms with Crippen LogP contribution in [-0.2, 0) is 11.8 Å². The normalized spacial score (nSPS) is 18.4. The molecule has 0 aliphatic carbocycles. The van der Waals surface area contributed by atoms with Gasteiger partial charge in [-0.25, -0.2) is 9.67 Å². The van der Waals surface area contributed by atoms with E-state index < -0.39 is 17.5 Å². The maximum Gasteiger partial charge on any atom is 0.280 e. The molecule has 40 heavy (non-hydrogen) atoms. The predicted octanol–water partition coefficient (Wildman–Crippen LogP) is 4.40. The number of thiazole rings is 1. The Balaban J connectivity index is 1.43. The molecule has 2 aromatic carbocycles. The molecule has 202 valence electrons. The van der Waals surface area contributed by atoms with Crippen molar-refractivity contribution in [2.24, 2.45) is 12.5 Å². The van der Waals surface area contributed by atoms with Crippen molar-refractivity contribution >= 4 is 39.7 Å². The number of benzene rings is 2. The number of nitrogens with zero attached hydrogens (tertiary/aromatic N) is 5. The van der Waals surface area contributed by atoms with Gasteiger partial charge in [0, 0.05) is 41.5 Å². The van der Waals surface area contributed by atoms with Crippen molar-refractivity contribution < 1.29 is 9.59 Å². The standard InChI is InChI=1S/C30H28N6O3S/c1-18-15-31-28(40-18)27(38)33-26-25(19-8-6-5-7-9-19)35(29(39)30(26,2)3)21-10-12-23-20(14-21)16-32-36(23)22-11-13-24(37)34(4)17-22/h5-17,25-26H,1-4H3,(H,33,38)/t25-,26-/m0/s1. The third-order valence-corrected chi connectivity index (χ3v) is 8.44. The number of aromatic nitrogens is 4. The van der Waals surface area contributed by atoms with Gasteiger partial charge in [0.05, 0.1) is 34.9 Å². The minimum Gasteiger partial charge on any atom is -0.344 e. The summed E-state index contributed by atoms with van der Waals surface area (Å²) >= 11 is 1.33. The average Bonchev–Trinajstić information content (AvgIpc) is 3.62. The molecule has 0 saturated carbocycles. The highest BCUT2D eigenvalue weighted by atomic mass is 32.1. The number of amides is 2. The van der Waals surface area contributed by atoms with Crippen molar-refractivity contribution in [3.8, 4) is 5.69 Å². The molecule has 0 radical (unpaired) electrons. The Hall–Kier alpha value is -4.57. The van der Waals surface area contributed by atoms with E-state index in [1.54, 1.807) is 41.3 Å². The lowest BCUT2D eigenvalue weighted by Crippen LogP contribution is -2.46. The fourth-order valence-electron chi connectivity index (χ4n) is 5.39. The van der Waals surface area contributed by atoms with Gasteiger partial charge in [-0.3, -0.25) is 14.4 Å². The van der Waals surface area contributed by atoms with Crippen molar-refractivity contribution in [3.05, 3.63) is 105 Å². The summed E-state index contributed by atoms with van der Waals surface area (Å²) < 4.78 is 3.27. The van der Waals surface area contributed by atoms with E-state index in [0.29, 0.717) is 10.7 Å². The van der Waals surface area contributed by atoms with Gasteiger partial charge in [-0.1, -0.05) is 30.3 Å². The zero-order chi connectivity index (χ0) is 28.2. The zero-order valence-corrected chi connectivity index (χ0v) is 23.3. The number of fused-ring (bicyclic) bond motifs is 1. The molecule has 1 fully saturated rings. The monoisotopic (exact) mass is 552 g/mol. The van der Waals surface area contributed by atoms with E-state index >= 15 is 0 Å². The first-order valence-electron chi connectivity index (χ1n) is 12.9. The summed E-state index contributed by atoms with van der Waals surface area (Å²) in [6.07, 6.45) is 5.16. The number of aryl methyl sites for hydroxylation is 2. The summed E-state index contributed by atoms with van der Waals surface area (Å²) in [5, 5.41) is 8.92. The van der Waals surface area contributed by atoms with Gasteiger partial charge in [-0.15, -0.1) is 11.3 Å². The number of carbonyl (C=O) groups is 2. The first kappa shape index (κ1) is 25.7. The second-order valence-corrected chi connectivity index (χ2v) is 11.9. The van der Waals surface area contributed by atoms with Crippen LogP contribution in [0.15, 0.2) is 84.0 Å². The smallest absolute Gasteiger partial charge is 0.280 e. The van der Waals surface area contributed by atoms with Gasteiger partial charge < -0.3 is 14.8 Å². The number of anilines is 1. The van der Waals surface area contributed by atoms with Crippen LogP contribution in [0.1, 0.15) is 40.1 Å². The molecule has 2 amide bonds. The maximum absolute atomic E-state index is 14.1. The van der Waals surface area contributed by atoms with Crippen LogP contribution in [0.25, 0.3) is 16.6 Å². The molecule has 1 saturated heterocycles. The molecular formula is C30H28N6O3S. The summed E-state index contributed by atoms with van der Waals surface area (Å²) in [4.78, 5) is 46.2. The van der Waals surface area contributed by atoms with Crippen LogP contribution in [0, 0.1) is 12.3 Å². The van der Waals surface area contributed by atoms with Crippen LogP contribution in [0.5, 0.6) is 0 Å². The second kappa shape index (κ2) is 9.56. The number of hydrogen-bond acceptors (Lipinski definition) is 6. The van der Waals surface area contributed by atoms with Gasteiger partial charge in [0.2, 0.25) is 11.5 Å². The van der Waals surface area contributed by atoms with Gasteiger partial charge in [-0.05, 0) is 50.6 Å². The topological polar surface area (TPSA) is 102 Å². The van der Waals surface area contributed by atoms with E-state index in [4.69, 9.17) is 0 Å². The van der Waals surface area contributed by atoms with E-state index in [1.807, 2.05) is 69.3 Å². The predicted molar refractivity (Wildman–Crippen MR) is 155 cm³/mol. The molecule has 3 aromatic heterocycles. The molecule has 4 heterocycles. The number of nitrogens with one attached hydrogen (secondary N) is 1. The molecular weight excluding hydrogens is 524 g/mol. The van der Waals surface area contributed by atoms with E-state index in [-0.39, 0.29) is 17.4 Å². The van der Waals surface area contributed by atoms with E-state index in [0.717, 1.165) is 27.0 Å². The number of hydrogen-bond donors (Lipinski definition) is 1. The molecule has 1 N–H and O–H groups in total. The third-order valence-electron chi connectivity index (χ3n) is 7.53. The number of carbonyl (C=O) groups excluding carboxylic acids is 2. The fraction of sp³-hybridized carbons (Fsp3) is 0.233. The molecule has 6 rings (SSSR count). The number of rotatable bonds is 5. The summed E-state index contributed by atoms with van der Waals surface area (Å²) in [6, 6.07) is 17.8. The maximum atomic E-state index is 14.1. The van der Waals surface area contributed by atoms with E-state index in [2.05, 4.69) is 15.4 Å². The van der Waals surface area contributed by atoms with Gasteiger partial charge in [-0.2, -0.15) is 5.10 Å². The summed E-state index contributed by atoms with van der Waals surface area (Å²) in [6.45, 7) is 5.66. The quantitative estimate of drug-likeness (QED) is 0.348. The Bertz CT molecular complexity index is 1820. The summed E-state index contributed by atoms with van der Waals surface area (Å²) in [5.41, 5.74) is 2.23. The lowest BCUT2D eigenvalue weighted by atomic mass is 9.82. The molecule has 9 nitrogen and oxygen atoms in total. The van der Waals surface area contributed by atoms with E-state index in [9.17, 15) is 14.4 Å². The van der Waals surface area contributed by atoms with Gasteiger partial charge >= 0.3 is 0 Å². The Labute approximate surface area is 234 Å². The van der Waals surface area contributed by atoms with Gasteiger partial charge in [0.25, 0.3) is 5.91 Å². The zero-order valence-electron chi connectivity index (χ0n) is 22.5. The van der Waals surface area contributed by atoms with Crippen molar-refractivity contribution in [2.75, 3.05) is 4.90 Å². The Kier molecular flexibility index (Phi) is 6.14. The van der Waals surface area contributed by atoms with E-state index in [1.165, 1.54) is 22.0 Å². The second-order valence-electron chi connectivity index (χ2n) is 10.6. The third kappa shape index (κ3) is 4.21. The summed E-state index contributed by atoms with van der Waals surface area (Å²) in [7, 11) is 1.70. The molecule has 1 aliphatic heterocycles. The van der Waals surface area contributed by atoms with Crippen LogP contribution in [-0.4, -0.2) is 37.2 Å². The highest BCUT2D eigenvalue weighted by Gasteiger charge is 2.55. The minimum absolute atomic E-state index is 0.0910. The largest absolute Gasteiger partial charge is 0.344 e. The lowest BCUT2D eigenvalue weighted by Gasteiger charge is -2.30. The van der Waals surface area contributed by atoms with Gasteiger partial charge in [0.1, 0.15) is 0 Å². The molecule has 10 heteroatoms. The van der Waals surface area contributed by atoms with Crippen LogP contribution in [0.4, 0.5) is 5.69 Å². The Morgan fingerprint density at radius 1 is 1.00 bits per heavy atom. The van der Waals surface area contributed by atoms with Crippen LogP contribution in [0.3, 0.4) is 0 Å². The van der Waals surface area contributed by atoms with Crippen LogP contribution in [0.2, 0.25) is 0 Å². The van der Waals surface area contributed by atoms with Crippen molar-refractivity contribution in [1.29, 1.82) is 0 Å². The Morgan fingerprint density at radius 3 is 2.45 bits per heavy atom. The van der Waals surface area contributed by atoms with Crippen LogP contribution >= 0.6 is 11.3 Å². The summed E-state index contributed by atoms with van der Waals surface area (Å²) in [5.74, 6) is -0.382. The van der Waals surface area contributed by atoms with Crippen LogP contribution < -0.4 is 15.8 Å². The lowest BCUT2D eigenvalue weighted by molar-refractivity contribution is -0.124. The molecule has 0 bridgehead atoms. The number of pyridine rings is 1. The molecule has 0 unspecified atom stereocenters. The highest BCUT2D eigenvalue weighted by Crippen LogP contribution is 2.47. The molecule has 0 spiro atoms. The van der Waals surface area contributed by atoms with Crippen molar-refractivity contribution in [2.45, 2.75) is 32.9 Å². The average molecular weight is 553 g/mol. The van der Waals surface area contributed by atoms with Crippen molar-refractivity contribution in [1.82, 2.24) is 24.6 Å².